The summed E-state index contributed by atoms with van der Waals surface area (Å²) in [7, 11) is 0. The predicted molar refractivity (Wildman–Crippen MR) is 166 cm³/mol. The third-order valence-corrected chi connectivity index (χ3v) is 7.63. The lowest BCUT2D eigenvalue weighted by Crippen LogP contribution is -2.62. The van der Waals surface area contributed by atoms with Crippen LogP contribution >= 0.6 is 0 Å². The van der Waals surface area contributed by atoms with Gasteiger partial charge >= 0.3 is 12.1 Å². The Balaban J connectivity index is 1.48. The molecule has 1 aliphatic carbocycles. The van der Waals surface area contributed by atoms with Crippen LogP contribution in [0.4, 0.5) is 4.79 Å². The fraction of sp³-hybridized carbons (Fsp3) is 0.324. The minimum Gasteiger partial charge on any atom is -0.444 e. The molecule has 1 aliphatic rings. The summed E-state index contributed by atoms with van der Waals surface area (Å²) in [4.78, 5) is 34.4. The highest BCUT2D eigenvalue weighted by Gasteiger charge is 2.53. The van der Waals surface area contributed by atoms with Gasteiger partial charge in [0.25, 0.3) is 0 Å². The summed E-state index contributed by atoms with van der Waals surface area (Å²) in [5.74, 6) is -0.00753. The number of esters is 1. The number of amides is 1. The van der Waals surface area contributed by atoms with Crippen LogP contribution in [0.25, 0.3) is 39.1 Å². The van der Waals surface area contributed by atoms with E-state index in [9.17, 15) is 14.7 Å². The van der Waals surface area contributed by atoms with Crippen molar-refractivity contribution in [2.45, 2.75) is 71.1 Å². The van der Waals surface area contributed by atoms with Gasteiger partial charge in [-0.1, -0.05) is 42.5 Å². The molecule has 10 heteroatoms. The second kappa shape index (κ2) is 10.4. The first kappa shape index (κ1) is 29.3. The van der Waals surface area contributed by atoms with Crippen LogP contribution in [-0.2, 0) is 15.1 Å². The molecule has 6 rings (SSSR count). The van der Waals surface area contributed by atoms with Gasteiger partial charge in [0.05, 0.1) is 22.5 Å². The molecule has 2 aromatic carbocycles. The van der Waals surface area contributed by atoms with Crippen LogP contribution in [0.2, 0.25) is 0 Å². The van der Waals surface area contributed by atoms with Gasteiger partial charge in [0.15, 0.2) is 11.3 Å². The average molecular weight is 594 g/mol. The highest BCUT2D eigenvalue weighted by Crippen LogP contribution is 2.49. The first-order chi connectivity index (χ1) is 20.7. The Labute approximate surface area is 255 Å². The van der Waals surface area contributed by atoms with E-state index in [1.54, 1.807) is 23.7 Å². The number of benzene rings is 2. The maximum atomic E-state index is 12.8. The quantitative estimate of drug-likeness (QED) is 0.185. The number of hydrogen-bond acceptors (Lipinski definition) is 8. The minimum absolute atomic E-state index is 0.345. The number of alkyl carbamates (subject to hydrolysis) is 1. The summed E-state index contributed by atoms with van der Waals surface area (Å²) in [5.41, 5.74) is 3.53. The Morgan fingerprint density at radius 1 is 1.02 bits per heavy atom. The first-order valence-corrected chi connectivity index (χ1v) is 14.5. The van der Waals surface area contributed by atoms with Gasteiger partial charge in [-0.3, -0.25) is 4.79 Å². The number of aliphatic hydroxyl groups is 1. The van der Waals surface area contributed by atoms with Crippen molar-refractivity contribution in [3.05, 3.63) is 78.1 Å². The smallest absolute Gasteiger partial charge is 0.408 e. The summed E-state index contributed by atoms with van der Waals surface area (Å²) in [6.07, 6.45) is 1.91. The van der Waals surface area contributed by atoms with Gasteiger partial charge in [-0.15, -0.1) is 0 Å². The molecule has 0 bridgehead atoms. The molecule has 44 heavy (non-hydrogen) atoms. The van der Waals surface area contributed by atoms with Gasteiger partial charge in [0, 0.05) is 54.1 Å². The Kier molecular flexibility index (Phi) is 6.92. The Morgan fingerprint density at radius 2 is 1.73 bits per heavy atom. The Morgan fingerprint density at radius 3 is 2.39 bits per heavy atom. The summed E-state index contributed by atoms with van der Waals surface area (Å²) < 4.78 is 12.8. The third kappa shape index (κ3) is 5.60. The molecule has 0 aliphatic heterocycles. The van der Waals surface area contributed by atoms with Crippen molar-refractivity contribution in [2.24, 2.45) is 0 Å². The van der Waals surface area contributed by atoms with Gasteiger partial charge in [-0.05, 0) is 52.3 Å². The molecular formula is C34H35N5O5. The first-order valence-electron chi connectivity index (χ1n) is 14.5. The van der Waals surface area contributed by atoms with Crippen molar-refractivity contribution in [1.82, 2.24) is 24.9 Å². The van der Waals surface area contributed by atoms with E-state index in [0.29, 0.717) is 41.1 Å². The molecular weight excluding hydrogens is 558 g/mol. The fourth-order valence-electron chi connectivity index (χ4n) is 6.07. The zero-order valence-electron chi connectivity index (χ0n) is 25.6. The number of nitrogens with one attached hydrogen (secondary N) is 1. The number of para-hydroxylation sites is 1. The fourth-order valence-corrected chi connectivity index (χ4v) is 6.07. The number of aryl methyl sites for hydroxylation is 1. The molecule has 1 saturated carbocycles. The van der Waals surface area contributed by atoms with Crippen molar-refractivity contribution in [3.63, 3.8) is 0 Å². The van der Waals surface area contributed by atoms with Gasteiger partial charge < -0.3 is 19.9 Å². The lowest BCUT2D eigenvalue weighted by Gasteiger charge is -2.52. The van der Waals surface area contributed by atoms with Crippen LogP contribution in [-0.4, -0.2) is 48.0 Å². The monoisotopic (exact) mass is 593 g/mol. The molecule has 0 saturated heterocycles. The Hall–Kier alpha value is -4.83. The van der Waals surface area contributed by atoms with E-state index in [0.717, 1.165) is 27.8 Å². The van der Waals surface area contributed by atoms with Crippen molar-refractivity contribution < 1.29 is 24.2 Å². The number of nitrogens with zero attached hydrogens (tertiary/aromatic N) is 4. The van der Waals surface area contributed by atoms with Crippen LogP contribution in [0.3, 0.4) is 0 Å². The van der Waals surface area contributed by atoms with Crippen LogP contribution in [0, 0.1) is 6.92 Å². The van der Waals surface area contributed by atoms with E-state index in [2.05, 4.69) is 15.4 Å². The van der Waals surface area contributed by atoms with E-state index in [4.69, 9.17) is 14.5 Å². The van der Waals surface area contributed by atoms with Crippen LogP contribution in [0.15, 0.2) is 66.9 Å². The maximum Gasteiger partial charge on any atom is 0.408 e. The second-order valence-electron chi connectivity index (χ2n) is 12.8. The molecule has 5 aromatic rings. The molecule has 1 fully saturated rings. The number of hydrogen-bond donors (Lipinski definition) is 2. The highest BCUT2D eigenvalue weighted by molar-refractivity contribution is 5.93. The van der Waals surface area contributed by atoms with Gasteiger partial charge in [0.1, 0.15) is 11.4 Å². The van der Waals surface area contributed by atoms with Crippen molar-refractivity contribution in [3.8, 4) is 28.1 Å². The lowest BCUT2D eigenvalue weighted by atomic mass is 9.62. The Bertz CT molecular complexity index is 1910. The lowest BCUT2D eigenvalue weighted by molar-refractivity contribution is -0.131. The molecule has 0 radical (unpaired) electrons. The van der Waals surface area contributed by atoms with E-state index >= 15 is 0 Å². The van der Waals surface area contributed by atoms with E-state index in [1.165, 1.54) is 6.92 Å². The van der Waals surface area contributed by atoms with Crippen molar-refractivity contribution >= 4 is 28.7 Å². The van der Waals surface area contributed by atoms with Crippen molar-refractivity contribution in [2.75, 3.05) is 0 Å². The molecule has 1 amide bonds. The van der Waals surface area contributed by atoms with E-state index in [-0.39, 0.29) is 0 Å². The van der Waals surface area contributed by atoms with Crippen LogP contribution in [0.1, 0.15) is 58.7 Å². The summed E-state index contributed by atoms with van der Waals surface area (Å²) >= 11 is 0. The normalized spacial score (nSPS) is 19.9. The number of rotatable bonds is 5. The van der Waals surface area contributed by atoms with Crippen LogP contribution < -0.4 is 10.1 Å². The molecule has 10 nitrogen and oxygen atoms in total. The summed E-state index contributed by atoms with van der Waals surface area (Å²) in [6.45, 7) is 10.5. The number of carbonyl (C=O) groups excluding carboxylic acids is 2. The SMILES string of the molecule is CC(=O)Oc1ccccc1-c1cc2cnc3cc(C)nn3c2nc1-c1ccc(C2(NC(=O)OC(C)(C)C)CC(C)(O)C2)cc1. The minimum atomic E-state index is -0.914. The maximum absolute atomic E-state index is 12.8. The molecule has 0 atom stereocenters. The number of ether oxygens (including phenoxy) is 2. The number of fused-ring (bicyclic) bond motifs is 3. The van der Waals surface area contributed by atoms with Gasteiger partial charge in [-0.25, -0.2) is 14.8 Å². The van der Waals surface area contributed by atoms with Gasteiger partial charge in [0.2, 0.25) is 0 Å². The summed E-state index contributed by atoms with van der Waals surface area (Å²) in [5, 5.41) is 19.1. The number of aromatic nitrogens is 4. The van der Waals surface area contributed by atoms with E-state index in [1.807, 2.05) is 82.3 Å². The molecule has 0 spiro atoms. The molecule has 0 unspecified atom stereocenters. The molecule has 2 N–H and O–H groups in total. The van der Waals surface area contributed by atoms with Crippen LogP contribution in [0.5, 0.6) is 5.75 Å². The molecule has 3 aromatic heterocycles. The standard InChI is InChI=1S/C34H35N5O5/c1-20-15-28-35-17-23-16-26(25-9-7-8-10-27(25)43-21(2)40)29(36-30(23)39(28)38-20)22-11-13-24(14-12-22)34(18-33(6,42)19-34)37-31(41)44-32(3,4)5/h7-17,42H,18-19H2,1-6H3,(H,37,41). The predicted octanol–water partition coefficient (Wildman–Crippen LogP) is 6.11. The summed E-state index contributed by atoms with van der Waals surface area (Å²) in [6, 6.07) is 19.0. The van der Waals surface area contributed by atoms with Gasteiger partial charge in [-0.2, -0.15) is 9.61 Å². The number of pyridine rings is 1. The average Bonchev–Trinajstić information content (AvgIpc) is 3.31. The molecule has 226 valence electrons. The van der Waals surface area contributed by atoms with E-state index < -0.39 is 28.8 Å². The highest BCUT2D eigenvalue weighted by atomic mass is 16.6. The zero-order valence-corrected chi connectivity index (χ0v) is 25.6. The topological polar surface area (TPSA) is 128 Å². The third-order valence-electron chi connectivity index (χ3n) is 7.63. The zero-order chi connectivity index (χ0) is 31.4. The molecule has 3 heterocycles. The second-order valence-corrected chi connectivity index (χ2v) is 12.8. The largest absolute Gasteiger partial charge is 0.444 e. The van der Waals surface area contributed by atoms with Crippen molar-refractivity contribution in [1.29, 1.82) is 0 Å². The number of carbonyl (C=O) groups is 2.